The van der Waals surface area contributed by atoms with Gasteiger partial charge in [0.25, 0.3) is 5.91 Å². The van der Waals surface area contributed by atoms with Crippen LogP contribution in [0.25, 0.3) is 6.08 Å². The molecule has 1 amide bonds. The standard InChI is InChI=1S/C21H28N2O2/c1-14(21-11-17-8-18(12-21)10-19(21)9-17)22-13-16-4-2-15(3-5-16)6-7-20(24)23-25/h2-7,14,17-19,22,25H,8-13H2,1H3,(H,23,24)/b7-6+. The maximum absolute atomic E-state index is 11.0. The van der Waals surface area contributed by atoms with Gasteiger partial charge in [0, 0.05) is 18.7 Å². The monoisotopic (exact) mass is 340 g/mol. The van der Waals surface area contributed by atoms with Crippen molar-refractivity contribution in [1.29, 1.82) is 0 Å². The van der Waals surface area contributed by atoms with E-state index in [0.717, 1.165) is 29.9 Å². The molecule has 3 unspecified atom stereocenters. The summed E-state index contributed by atoms with van der Waals surface area (Å²) in [5, 5.41) is 12.3. The molecule has 4 bridgehead atoms. The van der Waals surface area contributed by atoms with Crippen LogP contribution >= 0.6 is 0 Å². The highest BCUT2D eigenvalue weighted by Gasteiger charge is 2.59. The highest BCUT2D eigenvalue weighted by molar-refractivity contribution is 5.90. The highest BCUT2D eigenvalue weighted by Crippen LogP contribution is 2.66. The third-order valence-electron chi connectivity index (χ3n) is 7.04. The van der Waals surface area contributed by atoms with Gasteiger partial charge in [-0.3, -0.25) is 10.0 Å². The predicted molar refractivity (Wildman–Crippen MR) is 97.7 cm³/mol. The first-order chi connectivity index (χ1) is 12.1. The molecule has 134 valence electrons. The molecule has 4 saturated carbocycles. The molecule has 4 nitrogen and oxygen atoms in total. The normalized spacial score (nSPS) is 33.9. The first-order valence-electron chi connectivity index (χ1n) is 9.53. The molecular formula is C21H28N2O2. The summed E-state index contributed by atoms with van der Waals surface area (Å²) in [6.07, 6.45) is 10.3. The lowest BCUT2D eigenvalue weighted by atomic mass is 9.71. The van der Waals surface area contributed by atoms with Gasteiger partial charge in [-0.05, 0) is 79.4 Å². The van der Waals surface area contributed by atoms with Crippen molar-refractivity contribution in [3.63, 3.8) is 0 Å². The summed E-state index contributed by atoms with van der Waals surface area (Å²) < 4.78 is 0. The first kappa shape index (κ1) is 16.8. The van der Waals surface area contributed by atoms with E-state index in [1.807, 2.05) is 12.1 Å². The molecule has 0 spiro atoms. The van der Waals surface area contributed by atoms with Crippen molar-refractivity contribution in [3.8, 4) is 0 Å². The Bertz CT molecular complexity index is 653. The molecule has 0 aromatic heterocycles. The van der Waals surface area contributed by atoms with Crippen LogP contribution in [0.5, 0.6) is 0 Å². The smallest absolute Gasteiger partial charge is 0.267 e. The van der Waals surface area contributed by atoms with Crippen molar-refractivity contribution in [1.82, 2.24) is 10.8 Å². The van der Waals surface area contributed by atoms with Crippen molar-refractivity contribution < 1.29 is 10.0 Å². The Morgan fingerprint density at radius 1 is 1.24 bits per heavy atom. The van der Waals surface area contributed by atoms with Crippen LogP contribution in [0.4, 0.5) is 0 Å². The number of amides is 1. The summed E-state index contributed by atoms with van der Waals surface area (Å²) in [4.78, 5) is 11.0. The zero-order valence-corrected chi connectivity index (χ0v) is 14.9. The Morgan fingerprint density at radius 2 is 1.92 bits per heavy atom. The number of hydrogen-bond donors (Lipinski definition) is 3. The molecule has 4 aliphatic carbocycles. The Kier molecular flexibility index (Phi) is 4.42. The summed E-state index contributed by atoms with van der Waals surface area (Å²) in [7, 11) is 0. The van der Waals surface area contributed by atoms with Crippen LogP contribution in [0, 0.1) is 23.2 Å². The van der Waals surface area contributed by atoms with Crippen LogP contribution in [0.1, 0.15) is 50.2 Å². The average Bonchev–Trinajstić information content (AvgIpc) is 3.03. The maximum atomic E-state index is 11.0. The summed E-state index contributed by atoms with van der Waals surface area (Å²) >= 11 is 0. The predicted octanol–water partition coefficient (Wildman–Crippen LogP) is 3.51. The molecule has 3 N–H and O–H groups in total. The van der Waals surface area contributed by atoms with Crippen LogP contribution in [0.3, 0.4) is 0 Å². The zero-order chi connectivity index (χ0) is 17.4. The van der Waals surface area contributed by atoms with Crippen molar-refractivity contribution in [2.75, 3.05) is 0 Å². The number of rotatable bonds is 6. The zero-order valence-electron chi connectivity index (χ0n) is 14.9. The van der Waals surface area contributed by atoms with Gasteiger partial charge in [-0.1, -0.05) is 24.3 Å². The lowest BCUT2D eigenvalue weighted by molar-refractivity contribution is -0.124. The summed E-state index contributed by atoms with van der Waals surface area (Å²) in [5.41, 5.74) is 4.38. The van der Waals surface area contributed by atoms with E-state index in [2.05, 4.69) is 24.4 Å². The third kappa shape index (κ3) is 3.13. The van der Waals surface area contributed by atoms with Crippen molar-refractivity contribution in [3.05, 3.63) is 41.5 Å². The highest BCUT2D eigenvalue weighted by atomic mass is 16.5. The largest absolute Gasteiger partial charge is 0.310 e. The average molecular weight is 340 g/mol. The van der Waals surface area contributed by atoms with Crippen LogP contribution in [0.2, 0.25) is 0 Å². The second-order valence-corrected chi connectivity index (χ2v) is 8.43. The minimum absolute atomic E-state index is 0.514. The van der Waals surface area contributed by atoms with Crippen molar-refractivity contribution in [2.24, 2.45) is 23.2 Å². The maximum Gasteiger partial charge on any atom is 0.267 e. The Balaban J connectivity index is 1.34. The molecule has 4 aliphatic rings. The van der Waals surface area contributed by atoms with E-state index in [9.17, 15) is 4.79 Å². The van der Waals surface area contributed by atoms with Gasteiger partial charge in [-0.25, -0.2) is 5.48 Å². The second kappa shape index (κ2) is 6.58. The van der Waals surface area contributed by atoms with Gasteiger partial charge < -0.3 is 5.32 Å². The molecule has 3 atom stereocenters. The lowest BCUT2D eigenvalue weighted by Gasteiger charge is -2.39. The molecule has 4 fully saturated rings. The molecule has 4 heteroatoms. The fraction of sp³-hybridized carbons (Fsp3) is 0.571. The first-order valence-corrected chi connectivity index (χ1v) is 9.53. The number of carbonyl (C=O) groups is 1. The van der Waals surface area contributed by atoms with E-state index in [1.165, 1.54) is 43.7 Å². The summed E-state index contributed by atoms with van der Waals surface area (Å²) in [6, 6.07) is 8.80. The molecular weight excluding hydrogens is 312 g/mol. The molecule has 0 radical (unpaired) electrons. The van der Waals surface area contributed by atoms with Gasteiger partial charge in [-0.2, -0.15) is 0 Å². The molecule has 0 aliphatic heterocycles. The van der Waals surface area contributed by atoms with Crippen LogP contribution in [-0.4, -0.2) is 17.2 Å². The van der Waals surface area contributed by atoms with E-state index >= 15 is 0 Å². The Morgan fingerprint density at radius 3 is 2.56 bits per heavy atom. The number of hydrogen-bond acceptors (Lipinski definition) is 3. The molecule has 0 heterocycles. The third-order valence-corrected chi connectivity index (χ3v) is 7.04. The van der Waals surface area contributed by atoms with Crippen molar-refractivity contribution in [2.45, 2.75) is 51.6 Å². The molecule has 25 heavy (non-hydrogen) atoms. The van der Waals surface area contributed by atoms with Gasteiger partial charge >= 0.3 is 0 Å². The fourth-order valence-electron chi connectivity index (χ4n) is 6.00. The molecule has 0 saturated heterocycles. The van der Waals surface area contributed by atoms with Crippen LogP contribution in [-0.2, 0) is 11.3 Å². The SMILES string of the molecule is CC(NCc1ccc(/C=C/C(=O)NO)cc1)C12CC3CC(CC1C3)C2. The number of hydroxylamine groups is 1. The van der Waals surface area contributed by atoms with Gasteiger partial charge in [0.05, 0.1) is 0 Å². The van der Waals surface area contributed by atoms with Gasteiger partial charge in [0.2, 0.25) is 0 Å². The lowest BCUT2D eigenvalue weighted by Crippen LogP contribution is -2.44. The minimum atomic E-state index is -0.514. The number of carbonyl (C=O) groups excluding carboxylic acids is 1. The Hall–Kier alpha value is -1.65. The van der Waals surface area contributed by atoms with Gasteiger partial charge in [0.15, 0.2) is 0 Å². The quantitative estimate of drug-likeness (QED) is 0.422. The topological polar surface area (TPSA) is 61.4 Å². The van der Waals surface area contributed by atoms with Crippen LogP contribution < -0.4 is 10.8 Å². The van der Waals surface area contributed by atoms with Crippen LogP contribution in [0.15, 0.2) is 30.3 Å². The summed E-state index contributed by atoms with van der Waals surface area (Å²) in [5.74, 6) is 2.45. The fourth-order valence-corrected chi connectivity index (χ4v) is 6.00. The van der Waals surface area contributed by atoms with E-state index in [4.69, 9.17) is 5.21 Å². The molecule has 5 rings (SSSR count). The van der Waals surface area contributed by atoms with Gasteiger partial charge in [-0.15, -0.1) is 0 Å². The van der Waals surface area contributed by atoms with E-state index < -0.39 is 5.91 Å². The minimum Gasteiger partial charge on any atom is -0.310 e. The Labute approximate surface area is 149 Å². The number of nitrogens with one attached hydrogen (secondary N) is 2. The van der Waals surface area contributed by atoms with Gasteiger partial charge in [0.1, 0.15) is 0 Å². The van der Waals surface area contributed by atoms with E-state index in [0.29, 0.717) is 11.5 Å². The van der Waals surface area contributed by atoms with E-state index in [-0.39, 0.29) is 0 Å². The number of benzene rings is 1. The molecule has 1 aromatic rings. The second-order valence-electron chi connectivity index (χ2n) is 8.43. The molecule has 1 aromatic carbocycles. The van der Waals surface area contributed by atoms with Crippen molar-refractivity contribution >= 4 is 12.0 Å². The summed E-state index contributed by atoms with van der Waals surface area (Å²) in [6.45, 7) is 3.29. The van der Waals surface area contributed by atoms with E-state index in [1.54, 1.807) is 11.6 Å².